The van der Waals surface area contributed by atoms with Crippen molar-refractivity contribution < 1.29 is 23.8 Å². The summed E-state index contributed by atoms with van der Waals surface area (Å²) in [7, 11) is 0.924. The number of hydroxylamine groups is 1. The molecule has 0 amide bonds. The molecule has 188 valence electrons. The van der Waals surface area contributed by atoms with E-state index in [4.69, 9.17) is 23.8 Å². The topological polar surface area (TPSA) is 58.2 Å². The first-order valence-corrected chi connectivity index (χ1v) is 14.3. The van der Waals surface area contributed by atoms with E-state index >= 15 is 0 Å². The third kappa shape index (κ3) is 9.79. The van der Waals surface area contributed by atoms with Crippen molar-refractivity contribution in [3.8, 4) is 0 Å². The van der Waals surface area contributed by atoms with Gasteiger partial charge in [0.1, 0.15) is 0 Å². The van der Waals surface area contributed by atoms with E-state index in [9.17, 15) is 0 Å². The molecule has 0 fully saturated rings. The SMILES string of the molecule is CCCONC(C)(C(C)PC(CC)(OCC)OCC)C(C)PC(CC)(OCC)OCC. The average molecular weight is 484 g/mol. The van der Waals surface area contributed by atoms with Gasteiger partial charge in [0.05, 0.1) is 12.1 Å². The van der Waals surface area contributed by atoms with E-state index in [0.29, 0.717) is 50.2 Å². The fourth-order valence-corrected chi connectivity index (χ4v) is 7.64. The molecule has 0 aliphatic heterocycles. The Bertz CT molecular complexity index is 412. The van der Waals surface area contributed by atoms with Crippen molar-refractivity contribution in [3.05, 3.63) is 0 Å². The Morgan fingerprint density at radius 1 is 0.677 bits per heavy atom. The molecule has 0 saturated heterocycles. The minimum Gasteiger partial charge on any atom is -0.347 e. The van der Waals surface area contributed by atoms with Crippen LogP contribution in [0.25, 0.3) is 0 Å². The smallest absolute Gasteiger partial charge is 0.183 e. The Kier molecular flexibility index (Phi) is 16.6. The lowest BCUT2D eigenvalue weighted by Crippen LogP contribution is -2.57. The van der Waals surface area contributed by atoms with Gasteiger partial charge in [-0.2, -0.15) is 5.48 Å². The Labute approximate surface area is 196 Å². The number of hydrogen-bond acceptors (Lipinski definition) is 6. The summed E-state index contributed by atoms with van der Waals surface area (Å²) < 4.78 is 24.7. The van der Waals surface area contributed by atoms with Gasteiger partial charge >= 0.3 is 0 Å². The molecule has 0 rings (SSSR count). The van der Waals surface area contributed by atoms with E-state index in [-0.39, 0.29) is 16.9 Å². The fraction of sp³-hybridized carbons (Fsp3) is 1.00. The summed E-state index contributed by atoms with van der Waals surface area (Å²) in [5.74, 6) is 0. The lowest BCUT2D eigenvalue weighted by molar-refractivity contribution is -0.171. The van der Waals surface area contributed by atoms with Crippen LogP contribution in [-0.4, -0.2) is 60.9 Å². The monoisotopic (exact) mass is 483 g/mol. The van der Waals surface area contributed by atoms with Gasteiger partial charge in [-0.25, -0.2) is 0 Å². The van der Waals surface area contributed by atoms with Gasteiger partial charge in [0.25, 0.3) is 0 Å². The molecule has 1 N–H and O–H groups in total. The maximum absolute atomic E-state index is 6.16. The molecule has 4 atom stereocenters. The predicted octanol–water partition coefficient (Wildman–Crippen LogP) is 6.08. The number of nitrogens with one attached hydrogen (secondary N) is 1. The van der Waals surface area contributed by atoms with Gasteiger partial charge in [0.2, 0.25) is 0 Å². The van der Waals surface area contributed by atoms with Crippen LogP contribution in [0.3, 0.4) is 0 Å². The molecule has 6 nitrogen and oxygen atoms in total. The van der Waals surface area contributed by atoms with Crippen LogP contribution >= 0.6 is 17.2 Å². The molecular weight excluding hydrogens is 432 g/mol. The molecule has 0 aliphatic carbocycles. The van der Waals surface area contributed by atoms with Crippen LogP contribution in [0, 0.1) is 0 Å². The van der Waals surface area contributed by atoms with Crippen LogP contribution < -0.4 is 5.48 Å². The average Bonchev–Trinajstić information content (AvgIpc) is 2.74. The minimum absolute atomic E-state index is 0.253. The van der Waals surface area contributed by atoms with Gasteiger partial charge in [-0.05, 0) is 52.4 Å². The van der Waals surface area contributed by atoms with Crippen LogP contribution in [-0.2, 0) is 23.8 Å². The second-order valence-electron chi connectivity index (χ2n) is 7.91. The first kappa shape index (κ1) is 31.6. The third-order valence-electron chi connectivity index (χ3n) is 5.71. The zero-order chi connectivity index (χ0) is 24.0. The van der Waals surface area contributed by atoms with E-state index in [2.05, 4.69) is 47.0 Å². The standard InChI is InChI=1S/C23H51NO5P2/c1-11-18-29-24-21(10,19(8)30-22(12-2,25-14-4)26-15-5)20(9)31-23(13-3,27-16-6)28-17-7/h19-20,24,30-31H,11-18H2,1-10H3. The maximum Gasteiger partial charge on any atom is 0.183 e. The molecule has 0 aromatic carbocycles. The molecule has 0 radical (unpaired) electrons. The summed E-state index contributed by atoms with van der Waals surface area (Å²) in [5.41, 5.74) is 2.55. The van der Waals surface area contributed by atoms with Crippen molar-refractivity contribution >= 4 is 17.2 Å². The molecule has 8 heteroatoms. The van der Waals surface area contributed by atoms with Crippen LogP contribution in [0.5, 0.6) is 0 Å². The van der Waals surface area contributed by atoms with Crippen molar-refractivity contribution in [3.63, 3.8) is 0 Å². The molecule has 0 heterocycles. The van der Waals surface area contributed by atoms with E-state index in [1.165, 1.54) is 0 Å². The van der Waals surface area contributed by atoms with Gasteiger partial charge in [-0.1, -0.05) is 51.8 Å². The fourth-order valence-electron chi connectivity index (χ4n) is 3.61. The first-order valence-electron chi connectivity index (χ1n) is 12.2. The molecule has 31 heavy (non-hydrogen) atoms. The van der Waals surface area contributed by atoms with Gasteiger partial charge in [-0.3, -0.25) is 0 Å². The number of rotatable bonds is 20. The van der Waals surface area contributed by atoms with Crippen LogP contribution in [0.2, 0.25) is 0 Å². The highest BCUT2D eigenvalue weighted by atomic mass is 31.1. The van der Waals surface area contributed by atoms with Crippen LogP contribution in [0.1, 0.15) is 88.5 Å². The summed E-state index contributed by atoms with van der Waals surface area (Å²) in [6.07, 6.45) is 2.59. The molecule has 0 saturated carbocycles. The normalized spacial score (nSPS) is 17.6. The van der Waals surface area contributed by atoms with Crippen LogP contribution in [0.4, 0.5) is 0 Å². The Morgan fingerprint density at radius 2 is 1.03 bits per heavy atom. The van der Waals surface area contributed by atoms with Gasteiger partial charge in [0, 0.05) is 39.3 Å². The lowest BCUT2D eigenvalue weighted by Gasteiger charge is -2.47. The third-order valence-corrected chi connectivity index (χ3v) is 9.94. The molecule has 0 spiro atoms. The van der Waals surface area contributed by atoms with Crippen molar-refractivity contribution in [1.29, 1.82) is 0 Å². The Balaban J connectivity index is 5.86. The summed E-state index contributed by atoms with van der Waals surface area (Å²) in [6.45, 7) is 24.5. The number of ether oxygens (including phenoxy) is 4. The Morgan fingerprint density at radius 3 is 1.29 bits per heavy atom. The Hall–Kier alpha value is 0.620. The van der Waals surface area contributed by atoms with E-state index in [1.807, 2.05) is 27.7 Å². The van der Waals surface area contributed by atoms with Gasteiger partial charge < -0.3 is 23.8 Å². The molecular formula is C23H51NO5P2. The highest BCUT2D eigenvalue weighted by Crippen LogP contribution is 2.51. The van der Waals surface area contributed by atoms with E-state index in [1.54, 1.807) is 0 Å². The second-order valence-corrected chi connectivity index (χ2v) is 11.7. The highest BCUT2D eigenvalue weighted by molar-refractivity contribution is 7.41. The highest BCUT2D eigenvalue weighted by Gasteiger charge is 2.46. The van der Waals surface area contributed by atoms with E-state index in [0.717, 1.165) is 19.3 Å². The number of hydrogen-bond donors (Lipinski definition) is 1. The summed E-state index contributed by atoms with van der Waals surface area (Å²) in [4.78, 5) is 5.92. The molecule has 0 aliphatic rings. The lowest BCUT2D eigenvalue weighted by atomic mass is 9.95. The molecule has 0 aromatic heterocycles. The van der Waals surface area contributed by atoms with Crippen molar-refractivity contribution in [2.45, 2.75) is 116 Å². The zero-order valence-electron chi connectivity index (χ0n) is 21.9. The van der Waals surface area contributed by atoms with E-state index < -0.39 is 11.1 Å². The van der Waals surface area contributed by atoms with Crippen molar-refractivity contribution in [2.24, 2.45) is 0 Å². The zero-order valence-corrected chi connectivity index (χ0v) is 23.9. The van der Waals surface area contributed by atoms with Crippen molar-refractivity contribution in [2.75, 3.05) is 33.0 Å². The van der Waals surface area contributed by atoms with Gasteiger partial charge in [0.15, 0.2) is 11.1 Å². The second kappa shape index (κ2) is 16.3. The molecule has 0 aromatic rings. The minimum atomic E-state index is -0.554. The molecule has 4 unspecified atom stereocenters. The van der Waals surface area contributed by atoms with Crippen LogP contribution in [0.15, 0.2) is 0 Å². The summed E-state index contributed by atoms with van der Waals surface area (Å²) in [6, 6.07) is 0. The predicted molar refractivity (Wildman–Crippen MR) is 136 cm³/mol. The van der Waals surface area contributed by atoms with Crippen molar-refractivity contribution in [1.82, 2.24) is 5.48 Å². The largest absolute Gasteiger partial charge is 0.347 e. The summed E-state index contributed by atoms with van der Waals surface area (Å²) >= 11 is 0. The first-order chi connectivity index (χ1) is 14.7. The maximum atomic E-state index is 6.16. The quantitative estimate of drug-likeness (QED) is 0.0980. The van der Waals surface area contributed by atoms with Gasteiger partial charge in [-0.15, -0.1) is 0 Å². The molecule has 0 bridgehead atoms. The summed E-state index contributed by atoms with van der Waals surface area (Å²) in [5, 5.41) is 0.